The molecule has 0 aromatic heterocycles. The normalized spacial score (nSPS) is 24.2. The van der Waals surface area contributed by atoms with Gasteiger partial charge in [0.15, 0.2) is 0 Å². The second-order valence-corrected chi connectivity index (χ2v) is 7.56. The number of ether oxygens (including phenoxy) is 1. The molecular formula is C18H24Cl2N2O2. The lowest BCUT2D eigenvalue weighted by atomic mass is 10.1. The van der Waals surface area contributed by atoms with E-state index in [0.29, 0.717) is 16.6 Å². The highest BCUT2D eigenvalue weighted by molar-refractivity contribution is 6.34. The molecule has 2 aliphatic rings. The third kappa shape index (κ3) is 4.42. The number of hydrogen-bond acceptors (Lipinski definition) is 3. The van der Waals surface area contributed by atoms with Gasteiger partial charge in [0.05, 0.1) is 6.10 Å². The van der Waals surface area contributed by atoms with Crippen molar-refractivity contribution in [3.63, 3.8) is 0 Å². The average molecular weight is 371 g/mol. The summed E-state index contributed by atoms with van der Waals surface area (Å²) in [6.45, 7) is 2.94. The molecule has 2 fully saturated rings. The molecule has 2 N–H and O–H groups in total. The lowest BCUT2D eigenvalue weighted by Gasteiger charge is -2.32. The van der Waals surface area contributed by atoms with Gasteiger partial charge in [0.2, 0.25) is 5.91 Å². The molecule has 1 aliphatic heterocycles. The highest BCUT2D eigenvalue weighted by Crippen LogP contribution is 2.49. The molecule has 1 saturated heterocycles. The first-order valence-electron chi connectivity index (χ1n) is 8.65. The van der Waals surface area contributed by atoms with Crippen molar-refractivity contribution in [1.29, 1.82) is 0 Å². The Bertz CT molecular complexity index is 568. The van der Waals surface area contributed by atoms with Crippen LogP contribution in [0.5, 0.6) is 0 Å². The summed E-state index contributed by atoms with van der Waals surface area (Å²) >= 11 is 12.1. The van der Waals surface area contributed by atoms with E-state index in [-0.39, 0.29) is 23.8 Å². The zero-order valence-electron chi connectivity index (χ0n) is 13.7. The van der Waals surface area contributed by atoms with Gasteiger partial charge in [-0.3, -0.25) is 4.79 Å². The van der Waals surface area contributed by atoms with E-state index in [4.69, 9.17) is 33.7 Å². The lowest BCUT2D eigenvalue weighted by Crippen LogP contribution is -2.42. The van der Waals surface area contributed by atoms with E-state index in [9.17, 15) is 4.79 Å². The fraction of sp³-hybridized carbons (Fsp3) is 0.611. The predicted molar refractivity (Wildman–Crippen MR) is 96.5 cm³/mol. The van der Waals surface area contributed by atoms with Crippen LogP contribution in [0.1, 0.15) is 37.2 Å². The number of benzene rings is 1. The van der Waals surface area contributed by atoms with E-state index in [1.165, 1.54) is 0 Å². The van der Waals surface area contributed by atoms with Gasteiger partial charge < -0.3 is 15.4 Å². The molecule has 0 radical (unpaired) electrons. The van der Waals surface area contributed by atoms with E-state index in [1.807, 2.05) is 17.0 Å². The first kappa shape index (κ1) is 18.0. The van der Waals surface area contributed by atoms with Crippen LogP contribution in [-0.4, -0.2) is 43.2 Å². The Morgan fingerprint density at radius 2 is 1.88 bits per heavy atom. The Hall–Kier alpha value is -0.810. The molecule has 1 heterocycles. The van der Waals surface area contributed by atoms with E-state index in [1.54, 1.807) is 6.07 Å². The van der Waals surface area contributed by atoms with Crippen LogP contribution in [0.3, 0.4) is 0 Å². The van der Waals surface area contributed by atoms with Gasteiger partial charge in [-0.2, -0.15) is 0 Å². The molecule has 1 saturated carbocycles. The minimum Gasteiger partial charge on any atom is -0.378 e. The third-order valence-corrected chi connectivity index (χ3v) is 5.31. The fourth-order valence-electron chi connectivity index (χ4n) is 3.44. The second kappa shape index (κ2) is 8.05. The molecule has 24 heavy (non-hydrogen) atoms. The van der Waals surface area contributed by atoms with Gasteiger partial charge >= 0.3 is 0 Å². The average Bonchev–Trinajstić information content (AvgIpc) is 3.35. The highest BCUT2D eigenvalue weighted by Gasteiger charge is 2.46. The number of halogens is 2. The zero-order chi connectivity index (χ0) is 17.1. The van der Waals surface area contributed by atoms with Crippen molar-refractivity contribution in [3.05, 3.63) is 33.8 Å². The van der Waals surface area contributed by atoms with Crippen LogP contribution >= 0.6 is 23.2 Å². The summed E-state index contributed by atoms with van der Waals surface area (Å²) < 4.78 is 5.80. The molecule has 6 heteroatoms. The summed E-state index contributed by atoms with van der Waals surface area (Å²) in [5.74, 6) is 0.595. The first-order valence-corrected chi connectivity index (χ1v) is 9.40. The van der Waals surface area contributed by atoms with Gasteiger partial charge in [0.25, 0.3) is 0 Å². The molecule has 1 amide bonds. The van der Waals surface area contributed by atoms with Crippen LogP contribution in [0.25, 0.3) is 0 Å². The van der Waals surface area contributed by atoms with Crippen LogP contribution in [0, 0.1) is 5.92 Å². The van der Waals surface area contributed by atoms with Gasteiger partial charge in [0.1, 0.15) is 0 Å². The summed E-state index contributed by atoms with van der Waals surface area (Å²) in [7, 11) is 0. The van der Waals surface area contributed by atoms with Gasteiger partial charge in [-0.25, -0.2) is 0 Å². The number of piperidine rings is 1. The van der Waals surface area contributed by atoms with Crippen molar-refractivity contribution in [2.45, 2.75) is 37.7 Å². The van der Waals surface area contributed by atoms with Crippen molar-refractivity contribution in [3.8, 4) is 0 Å². The van der Waals surface area contributed by atoms with Gasteiger partial charge in [-0.15, -0.1) is 0 Å². The molecule has 132 valence electrons. The molecular weight excluding hydrogens is 347 g/mol. The quantitative estimate of drug-likeness (QED) is 0.780. The van der Waals surface area contributed by atoms with E-state index >= 15 is 0 Å². The molecule has 3 rings (SSSR count). The van der Waals surface area contributed by atoms with Crippen LogP contribution in [0.4, 0.5) is 0 Å². The Kier molecular flexibility index (Phi) is 6.03. The molecule has 2 atom stereocenters. The van der Waals surface area contributed by atoms with Crippen molar-refractivity contribution in [2.24, 2.45) is 11.7 Å². The molecule has 1 aromatic carbocycles. The van der Waals surface area contributed by atoms with Crippen molar-refractivity contribution in [2.75, 3.05) is 26.2 Å². The summed E-state index contributed by atoms with van der Waals surface area (Å²) in [5, 5.41) is 1.26. The van der Waals surface area contributed by atoms with Crippen LogP contribution in [0.2, 0.25) is 10.0 Å². The number of nitrogens with zero attached hydrogens (tertiary/aromatic N) is 1. The number of rotatable bonds is 6. The number of amides is 1. The summed E-state index contributed by atoms with van der Waals surface area (Å²) in [6.07, 6.45) is 3.88. The maximum atomic E-state index is 12.7. The topological polar surface area (TPSA) is 55.6 Å². The number of carbonyl (C=O) groups is 1. The molecule has 0 bridgehead atoms. The van der Waals surface area contributed by atoms with E-state index in [0.717, 1.165) is 50.9 Å². The first-order chi connectivity index (χ1) is 11.6. The molecule has 4 nitrogen and oxygen atoms in total. The molecule has 0 spiro atoms. The summed E-state index contributed by atoms with van der Waals surface area (Å²) in [6, 6.07) is 5.56. The Morgan fingerprint density at radius 3 is 2.50 bits per heavy atom. The Balaban J connectivity index is 1.48. The Morgan fingerprint density at radius 1 is 1.21 bits per heavy atom. The Labute approximate surface area is 153 Å². The maximum absolute atomic E-state index is 12.7. The van der Waals surface area contributed by atoms with E-state index < -0.39 is 0 Å². The number of nitrogens with two attached hydrogens (primary N) is 1. The largest absolute Gasteiger partial charge is 0.378 e. The second-order valence-electron chi connectivity index (χ2n) is 6.69. The van der Waals surface area contributed by atoms with Crippen LogP contribution in [-0.2, 0) is 9.53 Å². The van der Waals surface area contributed by atoms with E-state index in [2.05, 4.69) is 0 Å². The van der Waals surface area contributed by atoms with Crippen molar-refractivity contribution >= 4 is 29.1 Å². The fourth-order valence-corrected chi connectivity index (χ4v) is 3.98. The standard InChI is InChI=1S/C18H24Cl2N2O2/c19-13-8-12(9-14(20)10-13)16-11-17(16)18(23)22-5-2-15(3-6-22)24-7-1-4-21/h8-10,15-17H,1-7,11,21H2. The monoisotopic (exact) mass is 370 g/mol. The smallest absolute Gasteiger partial charge is 0.226 e. The minimum absolute atomic E-state index is 0.0780. The van der Waals surface area contributed by atoms with Crippen LogP contribution in [0.15, 0.2) is 18.2 Å². The van der Waals surface area contributed by atoms with Crippen molar-refractivity contribution < 1.29 is 9.53 Å². The third-order valence-electron chi connectivity index (χ3n) is 4.88. The SMILES string of the molecule is NCCCOC1CCN(C(=O)C2CC2c2cc(Cl)cc(Cl)c2)CC1. The highest BCUT2D eigenvalue weighted by atomic mass is 35.5. The number of likely N-dealkylation sites (tertiary alicyclic amines) is 1. The summed E-state index contributed by atoms with van der Waals surface area (Å²) in [4.78, 5) is 14.7. The summed E-state index contributed by atoms with van der Waals surface area (Å²) in [5.41, 5.74) is 6.55. The zero-order valence-corrected chi connectivity index (χ0v) is 15.2. The van der Waals surface area contributed by atoms with Gasteiger partial charge in [-0.05, 0) is 61.9 Å². The van der Waals surface area contributed by atoms with Gasteiger partial charge in [-0.1, -0.05) is 23.2 Å². The van der Waals surface area contributed by atoms with Gasteiger partial charge in [0, 0.05) is 35.7 Å². The molecule has 2 unspecified atom stereocenters. The van der Waals surface area contributed by atoms with Crippen molar-refractivity contribution in [1.82, 2.24) is 4.90 Å². The number of carbonyl (C=O) groups excluding carboxylic acids is 1. The minimum atomic E-state index is 0.0780. The van der Waals surface area contributed by atoms with Crippen LogP contribution < -0.4 is 5.73 Å². The molecule has 1 aliphatic carbocycles. The number of hydrogen-bond donors (Lipinski definition) is 1. The maximum Gasteiger partial charge on any atom is 0.226 e. The predicted octanol–water partition coefficient (Wildman–Crippen LogP) is 3.45. The molecule has 1 aromatic rings. The lowest BCUT2D eigenvalue weighted by molar-refractivity contribution is -0.135.